The Balaban J connectivity index is 1.77. The van der Waals surface area contributed by atoms with E-state index in [1.807, 2.05) is 43.3 Å². The molecule has 1 aliphatic rings. The zero-order valence-electron chi connectivity index (χ0n) is 12.1. The summed E-state index contributed by atoms with van der Waals surface area (Å²) in [5.41, 5.74) is 0.954. The first kappa shape index (κ1) is 14.6. The van der Waals surface area contributed by atoms with Crippen molar-refractivity contribution in [2.24, 2.45) is 10.2 Å². The van der Waals surface area contributed by atoms with Crippen LogP contribution in [0.15, 0.2) is 46.6 Å². The average molecular weight is 313 g/mol. The molecule has 1 aliphatic heterocycles. The van der Waals surface area contributed by atoms with Crippen LogP contribution < -0.4 is 10.1 Å². The van der Waals surface area contributed by atoms with Crippen molar-refractivity contribution in [3.63, 3.8) is 0 Å². The molecule has 1 fully saturated rings. The van der Waals surface area contributed by atoms with Gasteiger partial charge in [0.2, 0.25) is 5.91 Å². The molecule has 2 aromatic carbocycles. The summed E-state index contributed by atoms with van der Waals surface area (Å²) in [6.07, 6.45) is 1.67. The topological polar surface area (TPSA) is 63.1 Å². The highest BCUT2D eigenvalue weighted by Crippen LogP contribution is 2.21. The van der Waals surface area contributed by atoms with Crippen LogP contribution in [-0.4, -0.2) is 29.6 Å². The maximum atomic E-state index is 11.0. The molecule has 0 bridgehead atoms. The summed E-state index contributed by atoms with van der Waals surface area (Å²) in [4.78, 5) is 11.0. The number of ether oxygens (including phenoxy) is 1. The first-order valence-corrected chi connectivity index (χ1v) is 7.93. The van der Waals surface area contributed by atoms with Crippen molar-refractivity contribution in [3.8, 4) is 5.75 Å². The molecular formula is C16H15N3O2S. The smallest absolute Gasteiger partial charge is 0.236 e. The van der Waals surface area contributed by atoms with Crippen molar-refractivity contribution in [3.05, 3.63) is 42.0 Å². The highest BCUT2D eigenvalue weighted by atomic mass is 32.2. The molecule has 0 atom stereocenters. The first-order valence-electron chi connectivity index (χ1n) is 6.95. The summed E-state index contributed by atoms with van der Waals surface area (Å²) in [7, 11) is 0. The molecule has 1 N–H and O–H groups in total. The lowest BCUT2D eigenvalue weighted by molar-refractivity contribution is -0.116. The average Bonchev–Trinajstić information content (AvgIpc) is 2.93. The summed E-state index contributed by atoms with van der Waals surface area (Å²) in [5.74, 6) is 1.25. The summed E-state index contributed by atoms with van der Waals surface area (Å²) in [6.45, 7) is 2.63. The number of amidine groups is 1. The Bertz CT molecular complexity index is 771. The summed E-state index contributed by atoms with van der Waals surface area (Å²) < 4.78 is 5.49. The van der Waals surface area contributed by atoms with Gasteiger partial charge in [-0.2, -0.15) is 5.10 Å². The van der Waals surface area contributed by atoms with Gasteiger partial charge in [0.15, 0.2) is 5.17 Å². The molecule has 0 unspecified atom stereocenters. The van der Waals surface area contributed by atoms with E-state index in [1.165, 1.54) is 11.8 Å². The largest absolute Gasteiger partial charge is 0.494 e. The number of rotatable bonds is 4. The van der Waals surface area contributed by atoms with Crippen molar-refractivity contribution in [1.29, 1.82) is 0 Å². The summed E-state index contributed by atoms with van der Waals surface area (Å²) in [5, 5.41) is 13.4. The Hall–Kier alpha value is -2.34. The van der Waals surface area contributed by atoms with E-state index in [9.17, 15) is 4.79 Å². The van der Waals surface area contributed by atoms with E-state index in [1.54, 1.807) is 6.21 Å². The van der Waals surface area contributed by atoms with Crippen LogP contribution in [0.4, 0.5) is 0 Å². The predicted molar refractivity (Wildman–Crippen MR) is 90.7 cm³/mol. The molecule has 2 aromatic rings. The van der Waals surface area contributed by atoms with Crippen LogP contribution in [0.5, 0.6) is 5.75 Å². The molecule has 0 aliphatic carbocycles. The van der Waals surface area contributed by atoms with Gasteiger partial charge in [0.1, 0.15) is 5.75 Å². The summed E-state index contributed by atoms with van der Waals surface area (Å²) in [6, 6.07) is 12.0. The second-order valence-corrected chi connectivity index (χ2v) is 5.65. The van der Waals surface area contributed by atoms with Crippen LogP contribution in [0.2, 0.25) is 0 Å². The number of nitrogens with one attached hydrogen (secondary N) is 1. The van der Waals surface area contributed by atoms with Gasteiger partial charge in [0.05, 0.1) is 18.6 Å². The number of carbonyl (C=O) groups is 1. The number of benzene rings is 2. The van der Waals surface area contributed by atoms with Gasteiger partial charge in [0.25, 0.3) is 0 Å². The highest BCUT2D eigenvalue weighted by Gasteiger charge is 2.15. The second kappa shape index (κ2) is 6.62. The van der Waals surface area contributed by atoms with Gasteiger partial charge in [-0.05, 0) is 41.5 Å². The molecule has 22 heavy (non-hydrogen) atoms. The van der Waals surface area contributed by atoms with Crippen LogP contribution in [0.25, 0.3) is 10.8 Å². The maximum absolute atomic E-state index is 11.0. The van der Waals surface area contributed by atoms with Crippen LogP contribution in [0.3, 0.4) is 0 Å². The molecule has 5 nitrogen and oxygen atoms in total. The molecule has 0 spiro atoms. The minimum Gasteiger partial charge on any atom is -0.494 e. The van der Waals surface area contributed by atoms with E-state index in [0.717, 1.165) is 22.1 Å². The third kappa shape index (κ3) is 3.46. The lowest BCUT2D eigenvalue weighted by atomic mass is 10.1. The van der Waals surface area contributed by atoms with Crippen molar-refractivity contribution < 1.29 is 9.53 Å². The molecule has 1 amide bonds. The fraction of sp³-hybridized carbons (Fsp3) is 0.188. The van der Waals surface area contributed by atoms with Crippen LogP contribution in [-0.2, 0) is 4.79 Å². The van der Waals surface area contributed by atoms with Crippen LogP contribution in [0, 0.1) is 0 Å². The van der Waals surface area contributed by atoms with Gasteiger partial charge in [0, 0.05) is 0 Å². The van der Waals surface area contributed by atoms with Gasteiger partial charge >= 0.3 is 0 Å². The van der Waals surface area contributed by atoms with Gasteiger partial charge < -0.3 is 10.1 Å². The van der Waals surface area contributed by atoms with Gasteiger partial charge in [-0.25, -0.2) is 0 Å². The van der Waals surface area contributed by atoms with Gasteiger partial charge in [-0.1, -0.05) is 30.0 Å². The van der Waals surface area contributed by atoms with E-state index in [0.29, 0.717) is 17.5 Å². The molecule has 1 saturated heterocycles. The normalized spacial score (nSPS) is 16.6. The zero-order chi connectivity index (χ0) is 15.4. The molecular weight excluding hydrogens is 298 g/mol. The quantitative estimate of drug-likeness (QED) is 0.697. The molecule has 1 heterocycles. The Morgan fingerprint density at radius 2 is 2.09 bits per heavy atom. The van der Waals surface area contributed by atoms with Gasteiger partial charge in [-0.15, -0.1) is 5.10 Å². The van der Waals surface area contributed by atoms with E-state index >= 15 is 0 Å². The van der Waals surface area contributed by atoms with E-state index in [4.69, 9.17) is 4.74 Å². The fourth-order valence-electron chi connectivity index (χ4n) is 2.11. The third-order valence-corrected chi connectivity index (χ3v) is 3.95. The number of amides is 1. The van der Waals surface area contributed by atoms with E-state index in [2.05, 4.69) is 15.5 Å². The number of thioether (sulfide) groups is 1. The molecule has 0 saturated carbocycles. The Kier molecular flexibility index (Phi) is 4.39. The standard InChI is InChI=1S/C16H15N3O2S/c1-2-21-14-6-5-12-7-11(3-4-13(12)8-14)9-17-19-16-18-15(20)10-22-16/h3-9H,2,10H2,1H3,(H,18,19,20). The number of fused-ring (bicyclic) bond motifs is 1. The Morgan fingerprint density at radius 1 is 1.27 bits per heavy atom. The predicted octanol–water partition coefficient (Wildman–Crippen LogP) is 2.79. The molecule has 6 heteroatoms. The number of nitrogens with zero attached hydrogens (tertiary/aromatic N) is 2. The van der Waals surface area contributed by atoms with Gasteiger partial charge in [-0.3, -0.25) is 4.79 Å². The van der Waals surface area contributed by atoms with E-state index in [-0.39, 0.29) is 5.91 Å². The van der Waals surface area contributed by atoms with Crippen molar-refractivity contribution in [2.45, 2.75) is 6.92 Å². The molecule has 0 radical (unpaired) electrons. The molecule has 0 aromatic heterocycles. The van der Waals surface area contributed by atoms with E-state index < -0.39 is 0 Å². The zero-order valence-corrected chi connectivity index (χ0v) is 12.9. The maximum Gasteiger partial charge on any atom is 0.236 e. The monoisotopic (exact) mass is 313 g/mol. The Morgan fingerprint density at radius 3 is 2.86 bits per heavy atom. The number of hydrogen-bond donors (Lipinski definition) is 1. The molecule has 112 valence electrons. The SMILES string of the molecule is CCOc1ccc2cc(C=NN=C3NC(=O)CS3)ccc2c1. The minimum absolute atomic E-state index is 0.0326. The summed E-state index contributed by atoms with van der Waals surface area (Å²) >= 11 is 1.36. The second-order valence-electron chi connectivity index (χ2n) is 4.69. The number of carbonyl (C=O) groups excluding carboxylic acids is 1. The van der Waals surface area contributed by atoms with Crippen LogP contribution >= 0.6 is 11.8 Å². The van der Waals surface area contributed by atoms with Crippen LogP contribution in [0.1, 0.15) is 12.5 Å². The van der Waals surface area contributed by atoms with Crippen molar-refractivity contribution in [2.75, 3.05) is 12.4 Å². The first-order chi connectivity index (χ1) is 10.7. The number of hydrogen-bond acceptors (Lipinski definition) is 5. The lowest BCUT2D eigenvalue weighted by Crippen LogP contribution is -2.19. The fourth-order valence-corrected chi connectivity index (χ4v) is 2.74. The van der Waals surface area contributed by atoms with Crippen molar-refractivity contribution >= 4 is 39.8 Å². The minimum atomic E-state index is -0.0326. The van der Waals surface area contributed by atoms with Crippen molar-refractivity contribution in [1.82, 2.24) is 5.32 Å². The molecule has 3 rings (SSSR count). The third-order valence-electron chi connectivity index (χ3n) is 3.09. The highest BCUT2D eigenvalue weighted by molar-refractivity contribution is 8.15. The Labute approximate surface area is 132 Å². The lowest BCUT2D eigenvalue weighted by Gasteiger charge is -2.05.